The molecule has 0 saturated heterocycles. The fraction of sp³-hybridized carbons (Fsp3) is 0. The number of fused-ring (bicyclic) bond motifs is 2. The van der Waals surface area contributed by atoms with E-state index in [1.54, 1.807) is 0 Å². The highest BCUT2D eigenvalue weighted by molar-refractivity contribution is 6.14. The van der Waals surface area contributed by atoms with E-state index in [-0.39, 0.29) is 0 Å². The third kappa shape index (κ3) is 4.00. The molecule has 0 bridgehead atoms. The molecular weight excluding hydrogens is 496 g/mol. The summed E-state index contributed by atoms with van der Waals surface area (Å²) in [5, 5.41) is 2.47. The predicted molar refractivity (Wildman–Crippen MR) is 172 cm³/mol. The highest BCUT2D eigenvalue weighted by Crippen LogP contribution is 2.51. The quantitative estimate of drug-likeness (QED) is 0.228. The smallest absolute Gasteiger partial charge is 0.145 e. The van der Waals surface area contributed by atoms with Crippen molar-refractivity contribution in [2.45, 2.75) is 0 Å². The summed E-state index contributed by atoms with van der Waals surface area (Å²) in [5.41, 5.74) is 11.8. The molecule has 0 aliphatic carbocycles. The lowest BCUT2D eigenvalue weighted by Crippen LogP contribution is -2.16. The molecule has 2 heteroatoms. The summed E-state index contributed by atoms with van der Waals surface area (Å²) in [6, 6.07) is 54.2. The highest BCUT2D eigenvalue weighted by Gasteiger charge is 2.28. The van der Waals surface area contributed by atoms with Crippen molar-refractivity contribution in [2.75, 3.05) is 4.90 Å². The molecule has 192 valence electrons. The van der Waals surface area contributed by atoms with Crippen LogP contribution in [0.4, 0.5) is 17.2 Å². The predicted octanol–water partition coefficient (Wildman–Crippen LogP) is 10.7. The van der Waals surface area contributed by atoms with E-state index in [1.165, 1.54) is 49.7 Å². The Kier molecular flexibility index (Phi) is 5.49. The summed E-state index contributed by atoms with van der Waals surface area (Å²) in [5.74, 6) is 0.946. The number of rotatable bonds is 4. The second-order valence-electron chi connectivity index (χ2n) is 10.5. The van der Waals surface area contributed by atoms with Gasteiger partial charge in [0.05, 0.1) is 5.69 Å². The van der Waals surface area contributed by atoms with Crippen molar-refractivity contribution < 1.29 is 0 Å². The number of nitrogens with zero attached hydrogens (tertiary/aromatic N) is 2. The maximum atomic E-state index is 5.00. The number of aromatic nitrogens is 1. The average molecular weight is 523 g/mol. The molecule has 41 heavy (non-hydrogen) atoms. The molecular formula is C39H26N2. The molecule has 0 spiro atoms. The van der Waals surface area contributed by atoms with Gasteiger partial charge >= 0.3 is 0 Å². The van der Waals surface area contributed by atoms with Crippen LogP contribution in [-0.2, 0) is 0 Å². The van der Waals surface area contributed by atoms with E-state index in [9.17, 15) is 0 Å². The summed E-state index contributed by atoms with van der Waals surface area (Å²) in [4.78, 5) is 7.34. The first-order chi connectivity index (χ1) is 20.3. The van der Waals surface area contributed by atoms with Crippen molar-refractivity contribution in [3.05, 3.63) is 158 Å². The van der Waals surface area contributed by atoms with Crippen LogP contribution in [-0.4, -0.2) is 4.98 Å². The molecule has 1 aliphatic rings. The maximum Gasteiger partial charge on any atom is 0.145 e. The Bertz CT molecular complexity index is 1970. The fourth-order valence-corrected chi connectivity index (χ4v) is 6.10. The van der Waals surface area contributed by atoms with Crippen LogP contribution in [0.5, 0.6) is 0 Å². The molecule has 2 heterocycles. The van der Waals surface area contributed by atoms with Gasteiger partial charge in [-0.2, -0.15) is 0 Å². The average Bonchev–Trinajstić information content (AvgIpc) is 3.06. The number of benzene rings is 6. The number of anilines is 3. The van der Waals surface area contributed by atoms with Crippen LogP contribution in [0.3, 0.4) is 0 Å². The molecule has 0 amide bonds. The molecule has 0 N–H and O–H groups in total. The second kappa shape index (κ2) is 9.62. The lowest BCUT2D eigenvalue weighted by atomic mass is 9.89. The monoisotopic (exact) mass is 522 g/mol. The van der Waals surface area contributed by atoms with Crippen LogP contribution in [0.25, 0.3) is 55.3 Å². The van der Waals surface area contributed by atoms with Crippen LogP contribution >= 0.6 is 0 Å². The zero-order valence-corrected chi connectivity index (χ0v) is 22.4. The largest absolute Gasteiger partial charge is 0.294 e. The molecule has 1 aromatic heterocycles. The minimum Gasteiger partial charge on any atom is -0.294 e. The first-order valence-corrected chi connectivity index (χ1v) is 14.0. The van der Waals surface area contributed by atoms with Crippen LogP contribution < -0.4 is 4.90 Å². The molecule has 0 fully saturated rings. The Morgan fingerprint density at radius 3 is 1.61 bits per heavy atom. The SMILES string of the molecule is c1ccc(-c2cc(-c3ccccc3)cc(N3c4ncccc4-c4cc(-c5ccccc5)cc5cccc3c45)c2)cc1. The highest BCUT2D eigenvalue weighted by atomic mass is 15.2. The summed E-state index contributed by atoms with van der Waals surface area (Å²) in [7, 11) is 0. The van der Waals surface area contributed by atoms with Crippen molar-refractivity contribution in [2.24, 2.45) is 0 Å². The summed E-state index contributed by atoms with van der Waals surface area (Å²) in [6.45, 7) is 0. The molecule has 2 nitrogen and oxygen atoms in total. The van der Waals surface area contributed by atoms with Gasteiger partial charge in [0.15, 0.2) is 0 Å². The Labute approximate surface area is 239 Å². The molecule has 0 atom stereocenters. The van der Waals surface area contributed by atoms with Gasteiger partial charge in [0.25, 0.3) is 0 Å². The standard InChI is InChI=1S/C39H26N2/c1-4-12-27(13-5-1)31-23-32(28-14-6-2-7-15-28)25-34(24-31)41-37-20-10-18-30-22-33(29-16-8-3-9-17-29)26-36(38(30)37)35-19-11-21-40-39(35)41/h1-26H. The normalized spacial score (nSPS) is 11.9. The van der Waals surface area contributed by atoms with Gasteiger partial charge in [0, 0.05) is 22.8 Å². The fourth-order valence-electron chi connectivity index (χ4n) is 6.10. The molecule has 0 radical (unpaired) electrons. The van der Waals surface area contributed by atoms with E-state index in [4.69, 9.17) is 4.98 Å². The Morgan fingerprint density at radius 2 is 1.00 bits per heavy atom. The van der Waals surface area contributed by atoms with E-state index in [0.29, 0.717) is 0 Å². The molecule has 7 aromatic rings. The Hall–Kier alpha value is -5.47. The van der Waals surface area contributed by atoms with Gasteiger partial charge < -0.3 is 0 Å². The van der Waals surface area contributed by atoms with E-state index < -0.39 is 0 Å². The molecule has 0 saturated carbocycles. The first kappa shape index (κ1) is 23.4. The zero-order chi connectivity index (χ0) is 27.2. The zero-order valence-electron chi connectivity index (χ0n) is 22.4. The van der Waals surface area contributed by atoms with Gasteiger partial charge in [-0.15, -0.1) is 0 Å². The third-order valence-corrected chi connectivity index (χ3v) is 7.98. The Morgan fingerprint density at radius 1 is 0.415 bits per heavy atom. The second-order valence-corrected chi connectivity index (χ2v) is 10.5. The van der Waals surface area contributed by atoms with E-state index >= 15 is 0 Å². The van der Waals surface area contributed by atoms with Gasteiger partial charge in [-0.25, -0.2) is 4.98 Å². The van der Waals surface area contributed by atoms with Crippen molar-refractivity contribution in [1.29, 1.82) is 0 Å². The van der Waals surface area contributed by atoms with Gasteiger partial charge in [0.1, 0.15) is 5.82 Å². The maximum absolute atomic E-state index is 5.00. The van der Waals surface area contributed by atoms with E-state index in [2.05, 4.69) is 150 Å². The topological polar surface area (TPSA) is 16.1 Å². The van der Waals surface area contributed by atoms with Gasteiger partial charge in [-0.1, -0.05) is 103 Å². The van der Waals surface area contributed by atoms with Gasteiger partial charge in [0.2, 0.25) is 0 Å². The first-order valence-electron chi connectivity index (χ1n) is 14.0. The van der Waals surface area contributed by atoms with Crippen molar-refractivity contribution >= 4 is 28.0 Å². The lowest BCUT2D eigenvalue weighted by Gasteiger charge is -2.33. The number of hydrogen-bond acceptors (Lipinski definition) is 2. The number of pyridine rings is 1. The summed E-state index contributed by atoms with van der Waals surface area (Å²) >= 11 is 0. The van der Waals surface area contributed by atoms with Gasteiger partial charge in [-0.05, 0) is 92.9 Å². The molecule has 8 rings (SSSR count). The van der Waals surface area contributed by atoms with E-state index in [1.807, 2.05) is 12.3 Å². The van der Waals surface area contributed by atoms with E-state index in [0.717, 1.165) is 22.8 Å². The van der Waals surface area contributed by atoms with Crippen LogP contribution in [0.1, 0.15) is 0 Å². The minimum absolute atomic E-state index is 0.946. The molecule has 1 aliphatic heterocycles. The van der Waals surface area contributed by atoms with Crippen LogP contribution in [0, 0.1) is 0 Å². The Balaban J connectivity index is 1.41. The van der Waals surface area contributed by atoms with Crippen molar-refractivity contribution in [3.63, 3.8) is 0 Å². The van der Waals surface area contributed by atoms with Crippen LogP contribution in [0.15, 0.2) is 158 Å². The molecule has 6 aromatic carbocycles. The van der Waals surface area contributed by atoms with Gasteiger partial charge in [-0.3, -0.25) is 4.90 Å². The summed E-state index contributed by atoms with van der Waals surface area (Å²) in [6.07, 6.45) is 1.90. The molecule has 0 unspecified atom stereocenters. The van der Waals surface area contributed by atoms with Crippen LogP contribution in [0.2, 0.25) is 0 Å². The van der Waals surface area contributed by atoms with Crippen molar-refractivity contribution in [3.8, 4) is 44.5 Å². The lowest BCUT2D eigenvalue weighted by molar-refractivity contribution is 1.18. The third-order valence-electron chi connectivity index (χ3n) is 7.98. The summed E-state index contributed by atoms with van der Waals surface area (Å²) < 4.78 is 0. The number of hydrogen-bond donors (Lipinski definition) is 0. The minimum atomic E-state index is 0.946. The van der Waals surface area contributed by atoms with Crippen molar-refractivity contribution in [1.82, 2.24) is 4.98 Å².